The molecule has 0 amide bonds. The van der Waals surface area contributed by atoms with Crippen molar-refractivity contribution in [2.75, 3.05) is 4.90 Å². The maximum atomic E-state index is 5.32. The standard InChI is InChI=1S/C49H32N4/c1-3-17-37(18-4-1)53(38-19-5-2-6-20-38)46-25-12-11-22-45(46)49-51-47(36-27-26-33-14-7-8-16-35(33)32-36)50-48(52-49)44-24-13-23-40-42-29-28-34-15-9-10-21-39(34)41(42)30-31-43(40)44/h1-32H. The van der Waals surface area contributed by atoms with Crippen LogP contribution in [0.1, 0.15) is 0 Å². The highest BCUT2D eigenvalue weighted by Crippen LogP contribution is 2.41. The second-order valence-corrected chi connectivity index (χ2v) is 13.2. The van der Waals surface area contributed by atoms with Crippen LogP contribution in [0.4, 0.5) is 17.1 Å². The van der Waals surface area contributed by atoms with E-state index in [-0.39, 0.29) is 0 Å². The lowest BCUT2D eigenvalue weighted by atomic mass is 9.95. The fraction of sp³-hybridized carbons (Fsp3) is 0. The first-order valence-corrected chi connectivity index (χ1v) is 17.9. The largest absolute Gasteiger partial charge is 0.310 e. The van der Waals surface area contributed by atoms with Gasteiger partial charge in [0.2, 0.25) is 0 Å². The third-order valence-electron chi connectivity index (χ3n) is 10.1. The van der Waals surface area contributed by atoms with Crippen LogP contribution in [-0.2, 0) is 0 Å². The summed E-state index contributed by atoms with van der Waals surface area (Å²) >= 11 is 0. The Hall–Kier alpha value is -7.17. The zero-order valence-corrected chi connectivity index (χ0v) is 28.8. The first-order chi connectivity index (χ1) is 26.3. The van der Waals surface area contributed by atoms with Crippen molar-refractivity contribution in [3.05, 3.63) is 194 Å². The van der Waals surface area contributed by atoms with Gasteiger partial charge in [-0.25, -0.2) is 15.0 Å². The molecule has 0 bridgehead atoms. The molecule has 0 aliphatic carbocycles. The van der Waals surface area contributed by atoms with E-state index in [0.717, 1.165) is 44.5 Å². The first kappa shape index (κ1) is 30.6. The highest BCUT2D eigenvalue weighted by Gasteiger charge is 2.21. The summed E-state index contributed by atoms with van der Waals surface area (Å²) in [6.07, 6.45) is 0. The summed E-state index contributed by atoms with van der Waals surface area (Å²) in [5.41, 5.74) is 5.87. The van der Waals surface area contributed by atoms with Gasteiger partial charge >= 0.3 is 0 Å². The number of para-hydroxylation sites is 3. The molecule has 0 aliphatic rings. The minimum atomic E-state index is 0.606. The van der Waals surface area contributed by atoms with E-state index in [1.165, 1.54) is 32.3 Å². The van der Waals surface area contributed by atoms with Crippen molar-refractivity contribution in [3.63, 3.8) is 0 Å². The second kappa shape index (κ2) is 12.9. The molecule has 0 saturated heterocycles. The van der Waals surface area contributed by atoms with Crippen LogP contribution in [0.25, 0.3) is 77.3 Å². The van der Waals surface area contributed by atoms with Crippen molar-refractivity contribution in [2.45, 2.75) is 0 Å². The van der Waals surface area contributed by atoms with Crippen molar-refractivity contribution in [2.24, 2.45) is 0 Å². The molecule has 0 aliphatic heterocycles. The van der Waals surface area contributed by atoms with Crippen LogP contribution in [0.2, 0.25) is 0 Å². The summed E-state index contributed by atoms with van der Waals surface area (Å²) in [7, 11) is 0. The van der Waals surface area contributed by atoms with Gasteiger partial charge in [0.25, 0.3) is 0 Å². The van der Waals surface area contributed by atoms with Crippen molar-refractivity contribution in [3.8, 4) is 34.2 Å². The van der Waals surface area contributed by atoms with E-state index < -0.39 is 0 Å². The number of hydrogen-bond acceptors (Lipinski definition) is 4. The maximum absolute atomic E-state index is 5.32. The van der Waals surface area contributed by atoms with E-state index >= 15 is 0 Å². The van der Waals surface area contributed by atoms with Gasteiger partial charge in [-0.15, -0.1) is 0 Å². The average molecular weight is 677 g/mol. The molecule has 0 radical (unpaired) electrons. The predicted molar refractivity (Wildman–Crippen MR) is 221 cm³/mol. The molecular weight excluding hydrogens is 645 g/mol. The van der Waals surface area contributed by atoms with E-state index in [0.29, 0.717) is 17.5 Å². The van der Waals surface area contributed by atoms with E-state index in [1.807, 2.05) is 12.1 Å². The van der Waals surface area contributed by atoms with E-state index in [1.54, 1.807) is 0 Å². The van der Waals surface area contributed by atoms with Crippen molar-refractivity contribution in [1.29, 1.82) is 0 Å². The summed E-state index contributed by atoms with van der Waals surface area (Å²) in [5, 5.41) is 9.49. The molecule has 53 heavy (non-hydrogen) atoms. The highest BCUT2D eigenvalue weighted by atomic mass is 15.2. The summed E-state index contributed by atoms with van der Waals surface area (Å²) in [4.78, 5) is 18.1. The molecular formula is C49H32N4. The van der Waals surface area contributed by atoms with Crippen LogP contribution in [0, 0.1) is 0 Å². The summed E-state index contributed by atoms with van der Waals surface area (Å²) in [6.45, 7) is 0. The molecule has 1 aromatic heterocycles. The molecule has 1 heterocycles. The number of aromatic nitrogens is 3. The van der Waals surface area contributed by atoms with Crippen LogP contribution in [-0.4, -0.2) is 15.0 Å². The van der Waals surface area contributed by atoms with Crippen LogP contribution in [0.15, 0.2) is 194 Å². The fourth-order valence-corrected chi connectivity index (χ4v) is 7.56. The average Bonchev–Trinajstić information content (AvgIpc) is 3.24. The Morgan fingerprint density at radius 2 is 0.811 bits per heavy atom. The Balaban J connectivity index is 1.22. The van der Waals surface area contributed by atoms with E-state index in [2.05, 4.69) is 187 Å². The first-order valence-electron chi connectivity index (χ1n) is 17.9. The quantitative estimate of drug-likeness (QED) is 0.164. The van der Waals surface area contributed by atoms with Gasteiger partial charge in [-0.05, 0) is 85.6 Å². The molecule has 4 heteroatoms. The predicted octanol–water partition coefficient (Wildman–Crippen LogP) is 13.0. The molecule has 9 aromatic carbocycles. The monoisotopic (exact) mass is 676 g/mol. The number of benzene rings is 9. The Morgan fingerprint density at radius 1 is 0.302 bits per heavy atom. The van der Waals surface area contributed by atoms with E-state index in [9.17, 15) is 0 Å². The van der Waals surface area contributed by atoms with Crippen LogP contribution >= 0.6 is 0 Å². The molecule has 248 valence electrons. The van der Waals surface area contributed by atoms with Gasteiger partial charge in [-0.1, -0.05) is 152 Å². The number of hydrogen-bond donors (Lipinski definition) is 0. The van der Waals surface area contributed by atoms with Gasteiger partial charge in [-0.2, -0.15) is 0 Å². The van der Waals surface area contributed by atoms with Gasteiger partial charge in [0.05, 0.1) is 5.69 Å². The summed E-state index contributed by atoms with van der Waals surface area (Å²) in [5.74, 6) is 1.86. The molecule has 10 rings (SSSR count). The normalized spacial score (nSPS) is 11.4. The molecule has 0 atom stereocenters. The smallest absolute Gasteiger partial charge is 0.166 e. The van der Waals surface area contributed by atoms with Crippen LogP contribution < -0.4 is 4.90 Å². The Kier molecular flexibility index (Phi) is 7.43. The van der Waals surface area contributed by atoms with Gasteiger partial charge in [0, 0.05) is 28.1 Å². The minimum absolute atomic E-state index is 0.606. The Morgan fingerprint density at radius 3 is 1.60 bits per heavy atom. The number of anilines is 3. The Labute approximate surface area is 307 Å². The number of fused-ring (bicyclic) bond motifs is 6. The molecule has 0 N–H and O–H groups in total. The number of nitrogens with zero attached hydrogens (tertiary/aromatic N) is 4. The van der Waals surface area contributed by atoms with Gasteiger partial charge in [0.15, 0.2) is 17.5 Å². The molecule has 0 fully saturated rings. The van der Waals surface area contributed by atoms with Crippen molar-refractivity contribution < 1.29 is 0 Å². The van der Waals surface area contributed by atoms with Crippen LogP contribution in [0.3, 0.4) is 0 Å². The lowest BCUT2D eigenvalue weighted by Gasteiger charge is -2.27. The van der Waals surface area contributed by atoms with Crippen molar-refractivity contribution >= 4 is 60.2 Å². The zero-order valence-electron chi connectivity index (χ0n) is 28.8. The van der Waals surface area contributed by atoms with Gasteiger partial charge in [0.1, 0.15) is 0 Å². The lowest BCUT2D eigenvalue weighted by Crippen LogP contribution is -2.12. The van der Waals surface area contributed by atoms with Gasteiger partial charge < -0.3 is 4.90 Å². The lowest BCUT2D eigenvalue weighted by molar-refractivity contribution is 1.07. The molecule has 0 saturated carbocycles. The summed E-state index contributed by atoms with van der Waals surface area (Å²) in [6, 6.07) is 68.0. The topological polar surface area (TPSA) is 41.9 Å². The molecule has 10 aromatic rings. The van der Waals surface area contributed by atoms with E-state index in [4.69, 9.17) is 15.0 Å². The SMILES string of the molecule is c1ccc(N(c2ccccc2)c2ccccc2-c2nc(-c3ccc4ccccc4c3)nc(-c3cccc4c3ccc3c5ccccc5ccc43)n2)cc1. The fourth-order valence-electron chi connectivity index (χ4n) is 7.56. The third kappa shape index (κ3) is 5.45. The van der Waals surface area contributed by atoms with Gasteiger partial charge in [-0.3, -0.25) is 0 Å². The zero-order chi connectivity index (χ0) is 35.1. The summed E-state index contributed by atoms with van der Waals surface area (Å²) < 4.78 is 0. The third-order valence-corrected chi connectivity index (χ3v) is 10.1. The highest BCUT2D eigenvalue weighted by molar-refractivity contribution is 6.19. The minimum Gasteiger partial charge on any atom is -0.310 e. The maximum Gasteiger partial charge on any atom is 0.166 e. The molecule has 4 nitrogen and oxygen atoms in total. The molecule has 0 unspecified atom stereocenters. The van der Waals surface area contributed by atoms with Crippen molar-refractivity contribution in [1.82, 2.24) is 15.0 Å². The second-order valence-electron chi connectivity index (χ2n) is 13.2. The molecule has 0 spiro atoms. The van der Waals surface area contributed by atoms with Crippen LogP contribution in [0.5, 0.6) is 0 Å². The number of rotatable bonds is 6. The Bertz CT molecular complexity index is 2920.